The first-order valence-electron chi connectivity index (χ1n) is 14.1. The van der Waals surface area contributed by atoms with Crippen LogP contribution in [0.2, 0.25) is 0 Å². The summed E-state index contributed by atoms with van der Waals surface area (Å²) in [7, 11) is 0. The molecule has 1 amide bonds. The van der Waals surface area contributed by atoms with Gasteiger partial charge in [0.25, 0.3) is 5.91 Å². The van der Waals surface area contributed by atoms with Crippen molar-refractivity contribution in [2.45, 2.75) is 25.2 Å². The maximum Gasteiger partial charge on any atom is 0.416 e. The number of carboxylic acids is 1. The third kappa shape index (κ3) is 8.33. The number of hydrogen-bond acceptors (Lipinski definition) is 4. The quantitative estimate of drug-likeness (QED) is 0.144. The molecule has 1 unspecified atom stereocenters. The summed E-state index contributed by atoms with van der Waals surface area (Å²) in [6.45, 7) is -0.0878. The number of para-hydroxylation sites is 2. The van der Waals surface area contributed by atoms with Crippen LogP contribution >= 0.6 is 15.9 Å². The third-order valence-corrected chi connectivity index (χ3v) is 7.52. The standard InChI is InChI=1S/C36H27BrF3NO5/c37-27-18-19-32(45-22-23-10-16-26(17-11-23)36(38,39)40)30(20-27)35(44)41-31(21-34(42)43)25-14-12-24(13-15-25)29-8-4-5-9-33(29)46-28-6-2-1-3-7-28/h1-20,31H,21-22H2,(H,41,44)(H,42,43). The molecule has 0 aliphatic carbocycles. The van der Waals surface area contributed by atoms with E-state index in [1.54, 1.807) is 24.3 Å². The second kappa shape index (κ2) is 14.3. The van der Waals surface area contributed by atoms with Gasteiger partial charge < -0.3 is 19.9 Å². The number of hydrogen-bond donors (Lipinski definition) is 2. The molecular formula is C36H27BrF3NO5. The van der Waals surface area contributed by atoms with Crippen LogP contribution in [0.3, 0.4) is 0 Å². The molecule has 0 saturated heterocycles. The van der Waals surface area contributed by atoms with Crippen LogP contribution in [-0.4, -0.2) is 17.0 Å². The van der Waals surface area contributed by atoms with Crippen molar-refractivity contribution >= 4 is 27.8 Å². The normalized spacial score (nSPS) is 11.8. The molecule has 5 rings (SSSR count). The van der Waals surface area contributed by atoms with Crippen LogP contribution in [0.25, 0.3) is 11.1 Å². The first kappa shape index (κ1) is 32.3. The van der Waals surface area contributed by atoms with Crippen LogP contribution in [0.5, 0.6) is 17.2 Å². The lowest BCUT2D eigenvalue weighted by molar-refractivity contribution is -0.138. The van der Waals surface area contributed by atoms with Gasteiger partial charge in [0.1, 0.15) is 23.9 Å². The number of aliphatic carboxylic acids is 1. The van der Waals surface area contributed by atoms with Gasteiger partial charge in [-0.3, -0.25) is 9.59 Å². The molecule has 0 spiro atoms. The highest BCUT2D eigenvalue weighted by atomic mass is 79.9. The molecule has 1 atom stereocenters. The second-order valence-corrected chi connectivity index (χ2v) is 11.2. The van der Waals surface area contributed by atoms with Crippen molar-refractivity contribution in [3.63, 3.8) is 0 Å². The lowest BCUT2D eigenvalue weighted by atomic mass is 9.98. The van der Waals surface area contributed by atoms with Gasteiger partial charge in [0.05, 0.1) is 23.6 Å². The Labute approximate surface area is 271 Å². The summed E-state index contributed by atoms with van der Waals surface area (Å²) in [5, 5.41) is 12.4. The summed E-state index contributed by atoms with van der Waals surface area (Å²) >= 11 is 3.35. The van der Waals surface area contributed by atoms with Gasteiger partial charge in [-0.05, 0) is 65.2 Å². The molecule has 5 aromatic carbocycles. The van der Waals surface area contributed by atoms with E-state index in [1.807, 2.05) is 66.7 Å². The number of rotatable bonds is 11. The van der Waals surface area contributed by atoms with Crippen molar-refractivity contribution < 1.29 is 37.3 Å². The Balaban J connectivity index is 1.34. The van der Waals surface area contributed by atoms with Gasteiger partial charge in [0, 0.05) is 10.0 Å². The molecule has 234 valence electrons. The predicted molar refractivity (Wildman–Crippen MR) is 171 cm³/mol. The SMILES string of the molecule is O=C(O)CC(NC(=O)c1cc(Br)ccc1OCc1ccc(C(F)(F)F)cc1)c1ccc(-c2ccccc2Oc2ccccc2)cc1. The Morgan fingerprint density at radius 3 is 2.15 bits per heavy atom. The number of amides is 1. The fourth-order valence-corrected chi connectivity index (χ4v) is 5.09. The fourth-order valence-electron chi connectivity index (χ4n) is 4.72. The highest BCUT2D eigenvalue weighted by Gasteiger charge is 2.30. The number of carboxylic acid groups (broad SMARTS) is 1. The van der Waals surface area contributed by atoms with E-state index < -0.39 is 29.7 Å². The van der Waals surface area contributed by atoms with Gasteiger partial charge in [-0.1, -0.05) is 88.7 Å². The molecule has 5 aromatic rings. The smallest absolute Gasteiger partial charge is 0.416 e. The average Bonchev–Trinajstić information content (AvgIpc) is 3.04. The Morgan fingerprint density at radius 2 is 1.48 bits per heavy atom. The molecule has 46 heavy (non-hydrogen) atoms. The van der Waals surface area contributed by atoms with Crippen LogP contribution in [0.1, 0.15) is 39.5 Å². The minimum atomic E-state index is -4.45. The molecule has 0 heterocycles. The average molecular weight is 691 g/mol. The van der Waals surface area contributed by atoms with E-state index >= 15 is 0 Å². The number of nitrogens with one attached hydrogen (secondary N) is 1. The molecule has 0 saturated carbocycles. The number of halogens is 4. The summed E-state index contributed by atoms with van der Waals surface area (Å²) in [4.78, 5) is 25.3. The third-order valence-electron chi connectivity index (χ3n) is 7.03. The Kier molecular flexibility index (Phi) is 10.1. The van der Waals surface area contributed by atoms with Gasteiger partial charge in [0.15, 0.2) is 0 Å². The highest BCUT2D eigenvalue weighted by Crippen LogP contribution is 2.34. The number of alkyl halides is 3. The van der Waals surface area contributed by atoms with E-state index in [2.05, 4.69) is 21.2 Å². The predicted octanol–water partition coefficient (Wildman–Crippen LogP) is 9.45. The topological polar surface area (TPSA) is 84.9 Å². The Bertz CT molecular complexity index is 1810. The van der Waals surface area contributed by atoms with E-state index in [0.717, 1.165) is 23.3 Å². The molecule has 0 aromatic heterocycles. The van der Waals surface area contributed by atoms with Gasteiger partial charge in [-0.15, -0.1) is 0 Å². The first-order chi connectivity index (χ1) is 22.1. The summed E-state index contributed by atoms with van der Waals surface area (Å²) in [5.74, 6) is -0.175. The molecule has 0 radical (unpaired) electrons. The second-order valence-electron chi connectivity index (χ2n) is 10.3. The lowest BCUT2D eigenvalue weighted by Crippen LogP contribution is -2.30. The molecule has 0 aliphatic rings. The zero-order chi connectivity index (χ0) is 32.7. The molecule has 6 nitrogen and oxygen atoms in total. The van der Waals surface area contributed by atoms with Crippen molar-refractivity contribution in [1.82, 2.24) is 5.32 Å². The monoisotopic (exact) mass is 689 g/mol. The minimum absolute atomic E-state index is 0.0878. The maximum atomic E-state index is 13.5. The van der Waals surface area contributed by atoms with Gasteiger partial charge in [-0.25, -0.2) is 0 Å². The fraction of sp³-hybridized carbons (Fsp3) is 0.111. The maximum absolute atomic E-state index is 13.5. The highest BCUT2D eigenvalue weighted by molar-refractivity contribution is 9.10. The summed E-state index contributed by atoms with van der Waals surface area (Å²) in [5.41, 5.74) is 2.06. The Morgan fingerprint density at radius 1 is 0.804 bits per heavy atom. The number of carbonyl (C=O) groups excluding carboxylic acids is 1. The number of ether oxygens (including phenoxy) is 2. The van der Waals surface area contributed by atoms with Crippen LogP contribution in [0, 0.1) is 0 Å². The number of carbonyl (C=O) groups is 2. The van der Waals surface area contributed by atoms with E-state index in [-0.39, 0.29) is 24.3 Å². The molecular weight excluding hydrogens is 663 g/mol. The van der Waals surface area contributed by atoms with Crippen LogP contribution in [-0.2, 0) is 17.6 Å². The zero-order valence-corrected chi connectivity index (χ0v) is 25.7. The lowest BCUT2D eigenvalue weighted by Gasteiger charge is -2.20. The zero-order valence-electron chi connectivity index (χ0n) is 24.1. The molecule has 0 aliphatic heterocycles. The summed E-state index contributed by atoms with van der Waals surface area (Å²) in [6, 6.07) is 32.5. The van der Waals surface area contributed by atoms with Crippen molar-refractivity contribution in [2.75, 3.05) is 0 Å². The first-order valence-corrected chi connectivity index (χ1v) is 14.9. The van der Waals surface area contributed by atoms with Crippen LogP contribution in [0.4, 0.5) is 13.2 Å². The van der Waals surface area contributed by atoms with Crippen molar-refractivity contribution in [1.29, 1.82) is 0 Å². The summed E-state index contributed by atoms with van der Waals surface area (Å²) < 4.78 is 51.3. The van der Waals surface area contributed by atoms with Gasteiger partial charge >= 0.3 is 12.1 Å². The Hall–Kier alpha value is -5.09. The molecule has 0 fully saturated rings. The van der Waals surface area contributed by atoms with Crippen molar-refractivity contribution in [2.24, 2.45) is 0 Å². The van der Waals surface area contributed by atoms with Gasteiger partial charge in [-0.2, -0.15) is 13.2 Å². The van der Waals surface area contributed by atoms with Crippen molar-refractivity contribution in [3.8, 4) is 28.4 Å². The van der Waals surface area contributed by atoms with E-state index in [4.69, 9.17) is 9.47 Å². The van der Waals surface area contributed by atoms with E-state index in [0.29, 0.717) is 27.1 Å². The van der Waals surface area contributed by atoms with Crippen LogP contribution < -0.4 is 14.8 Å². The number of benzene rings is 5. The van der Waals surface area contributed by atoms with E-state index in [1.165, 1.54) is 18.2 Å². The van der Waals surface area contributed by atoms with Gasteiger partial charge in [0.2, 0.25) is 0 Å². The largest absolute Gasteiger partial charge is 0.488 e. The minimum Gasteiger partial charge on any atom is -0.488 e. The molecule has 0 bridgehead atoms. The molecule has 2 N–H and O–H groups in total. The molecule has 10 heteroatoms. The van der Waals surface area contributed by atoms with Crippen LogP contribution in [0.15, 0.2) is 126 Å². The van der Waals surface area contributed by atoms with Crippen molar-refractivity contribution in [3.05, 3.63) is 148 Å². The van der Waals surface area contributed by atoms with E-state index in [9.17, 15) is 27.9 Å². The summed E-state index contributed by atoms with van der Waals surface area (Å²) in [6.07, 6.45) is -4.83.